The van der Waals surface area contributed by atoms with E-state index in [9.17, 15) is 20.1 Å². The Morgan fingerprint density at radius 1 is 0.510 bits per heavy atom. The lowest BCUT2D eigenvalue weighted by atomic mass is 10.0. The standard InChI is InChI=1S/C44H85NO4/c1-3-5-7-9-11-13-15-16-17-18-19-20-21-22-23-24-25-26-28-30-32-34-36-38-43(48)42(40-46)45-44(49)39-41(47)37-35-33-31-29-27-14-12-10-8-6-4-2/h28,30,36,38,41-43,46-48H,3-27,29,31-35,37,39-40H2,1-2H3,(H,45,49)/b30-28+,38-36+. The van der Waals surface area contributed by atoms with Crippen molar-refractivity contribution in [3.63, 3.8) is 0 Å². The molecule has 5 heteroatoms. The Bertz CT molecular complexity index is 724. The third-order valence-corrected chi connectivity index (χ3v) is 9.99. The van der Waals surface area contributed by atoms with Gasteiger partial charge in [-0.25, -0.2) is 0 Å². The van der Waals surface area contributed by atoms with Gasteiger partial charge in [0.05, 0.1) is 31.3 Å². The maximum absolute atomic E-state index is 12.4. The summed E-state index contributed by atoms with van der Waals surface area (Å²) in [6.07, 6.45) is 47.6. The van der Waals surface area contributed by atoms with Gasteiger partial charge in [-0.15, -0.1) is 0 Å². The van der Waals surface area contributed by atoms with Gasteiger partial charge in [0, 0.05) is 0 Å². The second kappa shape index (κ2) is 39.6. The van der Waals surface area contributed by atoms with Crippen LogP contribution in [-0.4, -0.2) is 46.1 Å². The van der Waals surface area contributed by atoms with E-state index < -0.39 is 18.2 Å². The number of nitrogens with one attached hydrogen (secondary N) is 1. The molecule has 0 aromatic heterocycles. The van der Waals surface area contributed by atoms with Crippen molar-refractivity contribution in [3.8, 4) is 0 Å². The minimum atomic E-state index is -0.948. The van der Waals surface area contributed by atoms with Gasteiger partial charge in [0.15, 0.2) is 0 Å². The van der Waals surface area contributed by atoms with Crippen LogP contribution >= 0.6 is 0 Å². The minimum absolute atomic E-state index is 0.00886. The topological polar surface area (TPSA) is 89.8 Å². The summed E-state index contributed by atoms with van der Waals surface area (Å²) in [5.74, 6) is -0.325. The van der Waals surface area contributed by atoms with E-state index in [2.05, 4.69) is 31.3 Å². The first-order valence-electron chi connectivity index (χ1n) is 21.6. The maximum Gasteiger partial charge on any atom is 0.222 e. The number of aliphatic hydroxyl groups is 3. The molecule has 0 bridgehead atoms. The van der Waals surface area contributed by atoms with E-state index in [-0.39, 0.29) is 18.9 Å². The normalized spacial score (nSPS) is 13.8. The van der Waals surface area contributed by atoms with Gasteiger partial charge in [-0.3, -0.25) is 4.79 Å². The van der Waals surface area contributed by atoms with Crippen LogP contribution in [0.1, 0.15) is 226 Å². The molecule has 0 aromatic rings. The van der Waals surface area contributed by atoms with E-state index in [1.165, 1.54) is 167 Å². The second-order valence-corrected chi connectivity index (χ2v) is 15.0. The van der Waals surface area contributed by atoms with E-state index in [4.69, 9.17) is 0 Å². The van der Waals surface area contributed by atoms with Gasteiger partial charge in [0.2, 0.25) is 5.91 Å². The van der Waals surface area contributed by atoms with Crippen molar-refractivity contribution in [3.05, 3.63) is 24.3 Å². The predicted octanol–water partition coefficient (Wildman–Crippen LogP) is 12.2. The molecule has 290 valence electrons. The number of amides is 1. The van der Waals surface area contributed by atoms with Crippen LogP contribution in [0.3, 0.4) is 0 Å². The molecule has 4 N–H and O–H groups in total. The first-order chi connectivity index (χ1) is 24.0. The van der Waals surface area contributed by atoms with Gasteiger partial charge < -0.3 is 20.6 Å². The van der Waals surface area contributed by atoms with Gasteiger partial charge in [-0.1, -0.05) is 212 Å². The van der Waals surface area contributed by atoms with Crippen molar-refractivity contribution in [2.24, 2.45) is 0 Å². The number of hydrogen-bond donors (Lipinski definition) is 4. The third kappa shape index (κ3) is 36.4. The zero-order valence-electron chi connectivity index (χ0n) is 32.8. The average Bonchev–Trinajstić information content (AvgIpc) is 3.09. The molecule has 0 aliphatic rings. The van der Waals surface area contributed by atoms with Crippen molar-refractivity contribution >= 4 is 5.91 Å². The highest BCUT2D eigenvalue weighted by molar-refractivity contribution is 5.76. The molecule has 49 heavy (non-hydrogen) atoms. The SMILES string of the molecule is CCCCCCCCCCCCCCCCCCC/C=C/CC/C=C/C(O)C(CO)NC(=O)CC(O)CCCCCCCCCCCCC. The summed E-state index contributed by atoms with van der Waals surface area (Å²) in [5, 5.41) is 33.1. The molecule has 0 aliphatic heterocycles. The Morgan fingerprint density at radius 2 is 0.878 bits per heavy atom. The molecular weight excluding hydrogens is 606 g/mol. The zero-order valence-corrected chi connectivity index (χ0v) is 32.8. The van der Waals surface area contributed by atoms with Crippen LogP contribution in [0, 0.1) is 0 Å². The summed E-state index contributed by atoms with van der Waals surface area (Å²) in [6.45, 7) is 4.20. The molecule has 5 nitrogen and oxygen atoms in total. The van der Waals surface area contributed by atoms with Crippen molar-refractivity contribution in [1.29, 1.82) is 0 Å². The van der Waals surface area contributed by atoms with E-state index >= 15 is 0 Å². The second-order valence-electron chi connectivity index (χ2n) is 15.0. The number of carbonyl (C=O) groups excluding carboxylic acids is 1. The van der Waals surface area contributed by atoms with Crippen LogP contribution in [0.25, 0.3) is 0 Å². The molecule has 3 unspecified atom stereocenters. The summed E-state index contributed by atoms with van der Waals surface area (Å²) in [7, 11) is 0. The Hall–Kier alpha value is -1.17. The first-order valence-corrected chi connectivity index (χ1v) is 21.6. The molecule has 0 fully saturated rings. The van der Waals surface area contributed by atoms with Gasteiger partial charge in [0.1, 0.15) is 0 Å². The molecule has 0 saturated carbocycles. The largest absolute Gasteiger partial charge is 0.394 e. The van der Waals surface area contributed by atoms with Crippen LogP contribution in [0.5, 0.6) is 0 Å². The summed E-state index contributed by atoms with van der Waals surface area (Å²) < 4.78 is 0. The molecule has 0 heterocycles. The number of unbranched alkanes of at least 4 members (excludes halogenated alkanes) is 28. The Balaban J connectivity index is 3.67. The lowest BCUT2D eigenvalue weighted by Gasteiger charge is -2.21. The fourth-order valence-corrected chi connectivity index (χ4v) is 6.65. The lowest BCUT2D eigenvalue weighted by Crippen LogP contribution is -2.45. The smallest absolute Gasteiger partial charge is 0.222 e. The Kier molecular flexibility index (Phi) is 38.7. The van der Waals surface area contributed by atoms with Crippen molar-refractivity contribution in [2.45, 2.75) is 244 Å². The number of allylic oxidation sites excluding steroid dienone is 3. The molecule has 0 saturated heterocycles. The highest BCUT2D eigenvalue weighted by Crippen LogP contribution is 2.16. The van der Waals surface area contributed by atoms with E-state index in [0.29, 0.717) is 6.42 Å². The summed E-state index contributed by atoms with van der Waals surface area (Å²) >= 11 is 0. The molecule has 3 atom stereocenters. The summed E-state index contributed by atoms with van der Waals surface area (Å²) in [6, 6.07) is -0.756. The summed E-state index contributed by atoms with van der Waals surface area (Å²) in [5.41, 5.74) is 0. The van der Waals surface area contributed by atoms with Gasteiger partial charge in [-0.05, 0) is 32.1 Å². The molecule has 0 radical (unpaired) electrons. The number of rotatable bonds is 39. The molecule has 0 aromatic carbocycles. The number of hydrogen-bond acceptors (Lipinski definition) is 4. The van der Waals surface area contributed by atoms with Crippen LogP contribution in [0.2, 0.25) is 0 Å². The fourth-order valence-electron chi connectivity index (χ4n) is 6.65. The Labute approximate surface area is 305 Å². The van der Waals surface area contributed by atoms with Gasteiger partial charge >= 0.3 is 0 Å². The van der Waals surface area contributed by atoms with Crippen LogP contribution in [0.15, 0.2) is 24.3 Å². The number of aliphatic hydroxyl groups excluding tert-OH is 3. The molecule has 0 rings (SSSR count). The zero-order chi connectivity index (χ0) is 35.9. The summed E-state index contributed by atoms with van der Waals surface area (Å²) in [4.78, 5) is 12.4. The van der Waals surface area contributed by atoms with Crippen molar-refractivity contribution in [2.75, 3.05) is 6.61 Å². The van der Waals surface area contributed by atoms with Crippen LogP contribution in [0.4, 0.5) is 0 Å². The van der Waals surface area contributed by atoms with Crippen molar-refractivity contribution < 1.29 is 20.1 Å². The van der Waals surface area contributed by atoms with Gasteiger partial charge in [0.25, 0.3) is 0 Å². The molecule has 0 aliphatic carbocycles. The monoisotopic (exact) mass is 692 g/mol. The maximum atomic E-state index is 12.4. The van der Waals surface area contributed by atoms with E-state index in [1.54, 1.807) is 6.08 Å². The molecule has 0 spiro atoms. The van der Waals surface area contributed by atoms with Crippen LogP contribution < -0.4 is 5.32 Å². The highest BCUT2D eigenvalue weighted by atomic mass is 16.3. The van der Waals surface area contributed by atoms with Crippen molar-refractivity contribution in [1.82, 2.24) is 5.32 Å². The van der Waals surface area contributed by atoms with Crippen LogP contribution in [-0.2, 0) is 4.79 Å². The minimum Gasteiger partial charge on any atom is -0.394 e. The van der Waals surface area contributed by atoms with E-state index in [1.807, 2.05) is 6.08 Å². The average molecular weight is 692 g/mol. The molecular formula is C44H85NO4. The first kappa shape index (κ1) is 47.8. The lowest BCUT2D eigenvalue weighted by molar-refractivity contribution is -0.124. The Morgan fingerprint density at radius 3 is 1.31 bits per heavy atom. The fraction of sp³-hybridized carbons (Fsp3) is 0.886. The predicted molar refractivity (Wildman–Crippen MR) is 213 cm³/mol. The molecule has 1 amide bonds. The number of carbonyl (C=O) groups is 1. The van der Waals surface area contributed by atoms with E-state index in [0.717, 1.165) is 32.1 Å². The third-order valence-electron chi connectivity index (χ3n) is 9.99. The van der Waals surface area contributed by atoms with Gasteiger partial charge in [-0.2, -0.15) is 0 Å². The quantitative estimate of drug-likeness (QED) is 0.0381. The highest BCUT2D eigenvalue weighted by Gasteiger charge is 2.20.